The minimum absolute atomic E-state index is 0.0143. The fraction of sp³-hybridized carbons (Fsp3) is 0.0667. The van der Waals surface area contributed by atoms with Crippen LogP contribution < -0.4 is 11.2 Å². The van der Waals surface area contributed by atoms with Crippen LogP contribution in [0.1, 0.15) is 0 Å². The lowest BCUT2D eigenvalue weighted by Crippen LogP contribution is -2.29. The first-order chi connectivity index (χ1) is 11.0. The zero-order valence-corrected chi connectivity index (χ0v) is 11.8. The Labute approximate surface area is 127 Å². The fourth-order valence-electron chi connectivity index (χ4n) is 2.37. The van der Waals surface area contributed by atoms with Crippen LogP contribution in [0.3, 0.4) is 0 Å². The summed E-state index contributed by atoms with van der Waals surface area (Å²) in [6.45, 7) is 0. The Hall–Kier alpha value is -3.29. The number of hydrogen-bond donors (Lipinski definition) is 1. The van der Waals surface area contributed by atoms with Gasteiger partial charge in [-0.25, -0.2) is 14.2 Å². The lowest BCUT2D eigenvalue weighted by atomic mass is 10.1. The number of aryl methyl sites for hydroxylation is 1. The lowest BCUT2D eigenvalue weighted by Gasteiger charge is -2.00. The molecule has 0 aliphatic heterocycles. The van der Waals surface area contributed by atoms with Gasteiger partial charge < -0.3 is 4.42 Å². The second-order valence-electron chi connectivity index (χ2n) is 5.00. The van der Waals surface area contributed by atoms with Gasteiger partial charge in [0.25, 0.3) is 5.56 Å². The highest BCUT2D eigenvalue weighted by Gasteiger charge is 2.15. The van der Waals surface area contributed by atoms with E-state index < -0.39 is 17.1 Å². The van der Waals surface area contributed by atoms with Crippen LogP contribution in [-0.4, -0.2) is 19.5 Å². The van der Waals surface area contributed by atoms with Crippen molar-refractivity contribution in [1.29, 1.82) is 0 Å². The van der Waals surface area contributed by atoms with Crippen molar-refractivity contribution < 1.29 is 8.81 Å². The maximum Gasteiger partial charge on any atom is 0.329 e. The molecule has 0 bridgehead atoms. The second-order valence-corrected chi connectivity index (χ2v) is 5.00. The number of nitrogens with one attached hydrogen (secondary N) is 1. The molecule has 0 unspecified atom stereocenters. The van der Waals surface area contributed by atoms with Gasteiger partial charge in [0, 0.05) is 13.1 Å². The molecule has 1 aromatic carbocycles. The first-order valence-electron chi connectivity index (χ1n) is 6.70. The highest BCUT2D eigenvalue weighted by molar-refractivity contribution is 5.84. The molecule has 4 rings (SSSR count). The highest BCUT2D eigenvalue weighted by Crippen LogP contribution is 2.28. The van der Waals surface area contributed by atoms with Gasteiger partial charge >= 0.3 is 5.69 Å². The summed E-state index contributed by atoms with van der Waals surface area (Å²) >= 11 is 0. The van der Waals surface area contributed by atoms with Gasteiger partial charge in [-0.1, -0.05) is 12.1 Å². The third kappa shape index (κ3) is 1.95. The number of aromatic nitrogens is 4. The summed E-state index contributed by atoms with van der Waals surface area (Å²) in [5, 5.41) is 0. The Morgan fingerprint density at radius 3 is 2.78 bits per heavy atom. The first kappa shape index (κ1) is 13.4. The van der Waals surface area contributed by atoms with Crippen molar-refractivity contribution in [2.45, 2.75) is 0 Å². The maximum atomic E-state index is 13.9. The predicted molar refractivity (Wildman–Crippen MR) is 80.6 cm³/mol. The molecule has 0 spiro atoms. The van der Waals surface area contributed by atoms with Crippen LogP contribution in [0, 0.1) is 5.82 Å². The Bertz CT molecular complexity index is 1190. The summed E-state index contributed by atoms with van der Waals surface area (Å²) < 4.78 is 20.6. The minimum atomic E-state index is -0.633. The summed E-state index contributed by atoms with van der Waals surface area (Å²) in [6.07, 6.45) is 0. The van der Waals surface area contributed by atoms with Gasteiger partial charge in [-0.15, -0.1) is 0 Å². The van der Waals surface area contributed by atoms with Crippen molar-refractivity contribution in [3.63, 3.8) is 0 Å². The first-order valence-corrected chi connectivity index (χ1v) is 6.70. The van der Waals surface area contributed by atoms with E-state index in [9.17, 15) is 14.0 Å². The number of fused-ring (bicyclic) bond motifs is 2. The molecule has 8 heteroatoms. The molecule has 0 radical (unpaired) electrons. The number of furan rings is 1. The van der Waals surface area contributed by atoms with Gasteiger partial charge in [0.2, 0.25) is 5.71 Å². The molecule has 3 aromatic heterocycles. The molecule has 0 saturated carbocycles. The van der Waals surface area contributed by atoms with Crippen LogP contribution in [0.5, 0.6) is 0 Å². The van der Waals surface area contributed by atoms with E-state index in [1.54, 1.807) is 18.2 Å². The molecule has 0 amide bonds. The summed E-state index contributed by atoms with van der Waals surface area (Å²) in [7, 11) is 1.46. The van der Waals surface area contributed by atoms with Gasteiger partial charge in [0.15, 0.2) is 11.2 Å². The van der Waals surface area contributed by atoms with Crippen LogP contribution in [-0.2, 0) is 7.05 Å². The van der Waals surface area contributed by atoms with Gasteiger partial charge in [-0.3, -0.25) is 14.3 Å². The normalized spacial score (nSPS) is 11.4. The minimum Gasteiger partial charge on any atom is -0.436 e. The van der Waals surface area contributed by atoms with Crippen molar-refractivity contribution in [2.24, 2.45) is 7.05 Å². The van der Waals surface area contributed by atoms with Gasteiger partial charge in [-0.2, -0.15) is 4.98 Å². The van der Waals surface area contributed by atoms with Crippen LogP contribution in [0.25, 0.3) is 33.7 Å². The molecule has 0 aliphatic rings. The summed E-state index contributed by atoms with van der Waals surface area (Å²) in [5.74, 6) is -0.198. The average molecular weight is 312 g/mol. The van der Waals surface area contributed by atoms with Crippen LogP contribution in [0.2, 0.25) is 0 Å². The third-order valence-corrected chi connectivity index (χ3v) is 3.54. The Morgan fingerprint density at radius 1 is 1.22 bits per heavy atom. The predicted octanol–water partition coefficient (Wildman–Crippen LogP) is 1.57. The molecule has 3 heterocycles. The van der Waals surface area contributed by atoms with Gasteiger partial charge in [0.05, 0.1) is 5.56 Å². The molecule has 0 aliphatic carbocycles. The summed E-state index contributed by atoms with van der Waals surface area (Å²) in [4.78, 5) is 34.0. The monoisotopic (exact) mass is 312 g/mol. The average Bonchev–Trinajstić information content (AvgIpc) is 2.94. The standard InChI is InChI=1S/C15H9FN4O3/c1-20-12-11(13(21)19-15(20)22)17-9-6-10(23-14(9)18-12)7-4-2-3-5-8(7)16/h2-6H,1H3,(H,19,21,22). The summed E-state index contributed by atoms with van der Waals surface area (Å²) in [6, 6.07) is 7.63. The quantitative estimate of drug-likeness (QED) is 0.576. The lowest BCUT2D eigenvalue weighted by molar-refractivity contribution is 0.595. The van der Waals surface area contributed by atoms with Crippen molar-refractivity contribution in [1.82, 2.24) is 19.5 Å². The van der Waals surface area contributed by atoms with E-state index in [-0.39, 0.29) is 28.2 Å². The van der Waals surface area contributed by atoms with Crippen LogP contribution >= 0.6 is 0 Å². The maximum absolute atomic E-state index is 13.9. The number of nitrogens with zero attached hydrogens (tertiary/aromatic N) is 3. The largest absolute Gasteiger partial charge is 0.436 e. The van der Waals surface area contributed by atoms with Crippen molar-refractivity contribution in [2.75, 3.05) is 0 Å². The van der Waals surface area contributed by atoms with Crippen LogP contribution in [0.15, 0.2) is 44.3 Å². The second kappa shape index (κ2) is 4.60. The van der Waals surface area contributed by atoms with E-state index in [1.807, 2.05) is 0 Å². The highest BCUT2D eigenvalue weighted by atomic mass is 19.1. The molecular formula is C15H9FN4O3. The van der Waals surface area contributed by atoms with E-state index in [4.69, 9.17) is 4.42 Å². The molecule has 23 heavy (non-hydrogen) atoms. The molecule has 7 nitrogen and oxygen atoms in total. The number of hydrogen-bond acceptors (Lipinski definition) is 5. The SMILES string of the molecule is Cn1c(=O)[nH]c(=O)c2nc3cc(-c4ccccc4F)oc3nc21. The van der Waals surface area contributed by atoms with Crippen LogP contribution in [0.4, 0.5) is 4.39 Å². The number of rotatable bonds is 1. The van der Waals surface area contributed by atoms with Gasteiger partial charge in [0.1, 0.15) is 17.1 Å². The summed E-state index contributed by atoms with van der Waals surface area (Å²) in [5.41, 5.74) is -0.431. The van der Waals surface area contributed by atoms with E-state index in [0.717, 1.165) is 4.57 Å². The van der Waals surface area contributed by atoms with Crippen molar-refractivity contribution in [3.05, 3.63) is 57.0 Å². The van der Waals surface area contributed by atoms with Gasteiger partial charge in [-0.05, 0) is 12.1 Å². The zero-order chi connectivity index (χ0) is 16.1. The molecule has 4 aromatic rings. The molecule has 1 N–H and O–H groups in total. The van der Waals surface area contributed by atoms with E-state index in [1.165, 1.54) is 19.2 Å². The number of halogens is 1. The Kier molecular flexibility index (Phi) is 2.68. The van der Waals surface area contributed by atoms with Crippen molar-refractivity contribution >= 4 is 22.4 Å². The molecular weight excluding hydrogens is 303 g/mol. The third-order valence-electron chi connectivity index (χ3n) is 3.54. The fourth-order valence-corrected chi connectivity index (χ4v) is 2.37. The van der Waals surface area contributed by atoms with Crippen molar-refractivity contribution in [3.8, 4) is 11.3 Å². The number of benzene rings is 1. The van der Waals surface area contributed by atoms with E-state index >= 15 is 0 Å². The smallest absolute Gasteiger partial charge is 0.329 e. The van der Waals surface area contributed by atoms with E-state index in [2.05, 4.69) is 15.0 Å². The molecule has 0 fully saturated rings. The number of H-pyrrole nitrogens is 1. The molecule has 114 valence electrons. The number of aromatic amines is 1. The molecule has 0 atom stereocenters. The van der Waals surface area contributed by atoms with E-state index in [0.29, 0.717) is 5.52 Å². The topological polar surface area (TPSA) is 93.8 Å². The Balaban J connectivity index is 2.07. The zero-order valence-electron chi connectivity index (χ0n) is 11.8. The Morgan fingerprint density at radius 2 is 2.00 bits per heavy atom. The molecule has 0 saturated heterocycles.